The van der Waals surface area contributed by atoms with Crippen LogP contribution in [0.2, 0.25) is 0 Å². The summed E-state index contributed by atoms with van der Waals surface area (Å²) in [6, 6.07) is 5.43. The average molecular weight is 361 g/mol. The number of ether oxygens (including phenoxy) is 1. The van der Waals surface area contributed by atoms with Crippen LogP contribution in [-0.4, -0.2) is 55.4 Å². The highest BCUT2D eigenvalue weighted by Crippen LogP contribution is 2.27. The van der Waals surface area contributed by atoms with Crippen molar-refractivity contribution in [2.75, 3.05) is 31.1 Å². The summed E-state index contributed by atoms with van der Waals surface area (Å²) in [7, 11) is 0. The van der Waals surface area contributed by atoms with Crippen LogP contribution in [0.3, 0.4) is 0 Å². The van der Waals surface area contributed by atoms with Crippen LogP contribution >= 0.6 is 0 Å². The van der Waals surface area contributed by atoms with Gasteiger partial charge in [-0.1, -0.05) is 12.1 Å². The largest absolute Gasteiger partial charge is 0.375 e. The highest BCUT2D eigenvalue weighted by molar-refractivity contribution is 5.73. The van der Waals surface area contributed by atoms with Gasteiger partial charge in [0.25, 0.3) is 0 Å². The zero-order valence-corrected chi connectivity index (χ0v) is 15.4. The number of halogens is 1. The second kappa shape index (κ2) is 8.62. The van der Waals surface area contributed by atoms with Crippen molar-refractivity contribution >= 4 is 17.8 Å². The SMILES string of the molecule is CC(=O)N1CCC(OC2CCN(c3cccc(CC=N)c3F)CC2)CC1. The number of carbonyl (C=O) groups is 1. The maximum absolute atomic E-state index is 14.6. The van der Waals surface area contributed by atoms with Gasteiger partial charge in [-0.2, -0.15) is 0 Å². The van der Waals surface area contributed by atoms with Crippen LogP contribution in [0.5, 0.6) is 0 Å². The highest BCUT2D eigenvalue weighted by atomic mass is 19.1. The summed E-state index contributed by atoms with van der Waals surface area (Å²) < 4.78 is 20.9. The zero-order valence-electron chi connectivity index (χ0n) is 15.4. The first-order valence-electron chi connectivity index (χ1n) is 9.50. The maximum atomic E-state index is 14.6. The second-order valence-electron chi connectivity index (χ2n) is 7.19. The van der Waals surface area contributed by atoms with Gasteiger partial charge in [0, 0.05) is 39.5 Å². The first-order valence-corrected chi connectivity index (χ1v) is 9.50. The zero-order chi connectivity index (χ0) is 18.5. The molecule has 26 heavy (non-hydrogen) atoms. The summed E-state index contributed by atoms with van der Waals surface area (Å²) in [6.07, 6.45) is 5.60. The molecule has 0 spiro atoms. The fourth-order valence-corrected chi connectivity index (χ4v) is 3.89. The Hall–Kier alpha value is -1.95. The molecular weight excluding hydrogens is 333 g/mol. The number of nitrogens with one attached hydrogen (secondary N) is 1. The second-order valence-corrected chi connectivity index (χ2v) is 7.19. The molecule has 2 saturated heterocycles. The standard InChI is InChI=1S/C20H28FN3O2/c1-15(25)23-11-6-17(7-12-23)26-18-8-13-24(14-9-18)19-4-2-3-16(5-10-22)20(19)21/h2-4,10,17-18,22H,5-9,11-14H2,1H3. The molecule has 2 aliphatic heterocycles. The number of piperidine rings is 2. The van der Waals surface area contributed by atoms with E-state index in [1.165, 1.54) is 6.21 Å². The first-order chi connectivity index (χ1) is 12.6. The van der Waals surface area contributed by atoms with Crippen LogP contribution in [0.15, 0.2) is 18.2 Å². The summed E-state index contributed by atoms with van der Waals surface area (Å²) in [5.74, 6) is -0.0593. The van der Waals surface area contributed by atoms with Crippen LogP contribution in [-0.2, 0) is 16.0 Å². The lowest BCUT2D eigenvalue weighted by atomic mass is 10.0. The van der Waals surface area contributed by atoms with Gasteiger partial charge in [0.2, 0.25) is 5.91 Å². The molecule has 0 bridgehead atoms. The van der Waals surface area contributed by atoms with Gasteiger partial charge >= 0.3 is 0 Å². The molecule has 1 N–H and O–H groups in total. The third kappa shape index (κ3) is 4.41. The Morgan fingerprint density at radius 3 is 2.38 bits per heavy atom. The summed E-state index contributed by atoms with van der Waals surface area (Å²) in [6.45, 7) is 4.74. The van der Waals surface area contributed by atoms with Gasteiger partial charge < -0.3 is 19.9 Å². The van der Waals surface area contributed by atoms with Gasteiger partial charge in [0.15, 0.2) is 0 Å². The molecule has 2 fully saturated rings. The van der Waals surface area contributed by atoms with Gasteiger partial charge in [0.1, 0.15) is 5.82 Å². The van der Waals surface area contributed by atoms with Crippen molar-refractivity contribution in [3.05, 3.63) is 29.6 Å². The highest BCUT2D eigenvalue weighted by Gasteiger charge is 2.27. The third-order valence-corrected chi connectivity index (χ3v) is 5.44. The first kappa shape index (κ1) is 18.8. The molecule has 3 rings (SSSR count). The molecule has 1 amide bonds. The number of anilines is 1. The van der Waals surface area contributed by atoms with E-state index in [0.29, 0.717) is 17.7 Å². The minimum atomic E-state index is -0.202. The minimum absolute atomic E-state index is 0.143. The molecule has 142 valence electrons. The topological polar surface area (TPSA) is 56.6 Å². The van der Waals surface area contributed by atoms with Gasteiger partial charge in [-0.15, -0.1) is 0 Å². The van der Waals surface area contributed by atoms with E-state index in [1.54, 1.807) is 13.0 Å². The number of nitrogens with zero attached hydrogens (tertiary/aromatic N) is 2. The summed E-state index contributed by atoms with van der Waals surface area (Å²) in [5, 5.41) is 7.19. The van der Waals surface area contributed by atoms with Crippen molar-refractivity contribution in [2.24, 2.45) is 0 Å². The lowest BCUT2D eigenvalue weighted by Crippen LogP contribution is -2.43. The number of hydrogen-bond donors (Lipinski definition) is 1. The lowest BCUT2D eigenvalue weighted by Gasteiger charge is -2.37. The Bertz CT molecular complexity index is 636. The maximum Gasteiger partial charge on any atom is 0.219 e. The summed E-state index contributed by atoms with van der Waals surface area (Å²) in [5.41, 5.74) is 1.21. The molecular formula is C20H28FN3O2. The molecule has 1 aromatic carbocycles. The van der Waals surface area contributed by atoms with Gasteiger partial charge in [-0.05, 0) is 43.5 Å². The Kier molecular flexibility index (Phi) is 6.25. The van der Waals surface area contributed by atoms with Crippen molar-refractivity contribution < 1.29 is 13.9 Å². The predicted molar refractivity (Wildman–Crippen MR) is 100 cm³/mol. The van der Waals surface area contributed by atoms with E-state index in [4.69, 9.17) is 10.1 Å². The average Bonchev–Trinajstić information content (AvgIpc) is 2.65. The van der Waals surface area contributed by atoms with Gasteiger partial charge in [0.05, 0.1) is 17.9 Å². The van der Waals surface area contributed by atoms with Crippen LogP contribution in [0.25, 0.3) is 0 Å². The minimum Gasteiger partial charge on any atom is -0.375 e. The lowest BCUT2D eigenvalue weighted by molar-refractivity contribution is -0.132. The third-order valence-electron chi connectivity index (χ3n) is 5.44. The normalized spacial score (nSPS) is 19.6. The number of benzene rings is 1. The van der Waals surface area contributed by atoms with E-state index in [0.717, 1.165) is 51.9 Å². The molecule has 0 unspecified atom stereocenters. The molecule has 2 aliphatic rings. The molecule has 2 heterocycles. The van der Waals surface area contributed by atoms with Crippen molar-refractivity contribution in [3.8, 4) is 0 Å². The number of likely N-dealkylation sites (tertiary alicyclic amines) is 1. The van der Waals surface area contributed by atoms with E-state index in [9.17, 15) is 9.18 Å². The summed E-state index contributed by atoms with van der Waals surface area (Å²) >= 11 is 0. The van der Waals surface area contributed by atoms with E-state index >= 15 is 0 Å². The van der Waals surface area contributed by atoms with Crippen LogP contribution in [0, 0.1) is 11.2 Å². The Morgan fingerprint density at radius 1 is 1.19 bits per heavy atom. The number of carbonyl (C=O) groups excluding carboxylic acids is 1. The number of amides is 1. The smallest absolute Gasteiger partial charge is 0.219 e. The van der Waals surface area contributed by atoms with Crippen molar-refractivity contribution in [1.29, 1.82) is 5.41 Å². The van der Waals surface area contributed by atoms with Gasteiger partial charge in [-0.3, -0.25) is 4.79 Å². The molecule has 6 heteroatoms. The van der Waals surface area contributed by atoms with Crippen LogP contribution in [0.1, 0.15) is 38.2 Å². The van der Waals surface area contributed by atoms with Crippen molar-refractivity contribution in [1.82, 2.24) is 4.90 Å². The van der Waals surface area contributed by atoms with Crippen molar-refractivity contribution in [2.45, 2.75) is 51.2 Å². The van der Waals surface area contributed by atoms with Gasteiger partial charge in [-0.25, -0.2) is 4.39 Å². The van der Waals surface area contributed by atoms with Crippen LogP contribution in [0.4, 0.5) is 10.1 Å². The fraction of sp³-hybridized carbons (Fsp3) is 0.600. The van der Waals surface area contributed by atoms with E-state index < -0.39 is 0 Å². The van der Waals surface area contributed by atoms with E-state index in [2.05, 4.69) is 4.90 Å². The number of hydrogen-bond acceptors (Lipinski definition) is 4. The predicted octanol–water partition coefficient (Wildman–Crippen LogP) is 3.01. The van der Waals surface area contributed by atoms with Crippen LogP contribution < -0.4 is 4.90 Å². The quantitative estimate of drug-likeness (QED) is 0.820. The molecule has 0 saturated carbocycles. The van der Waals surface area contributed by atoms with E-state index in [1.807, 2.05) is 17.0 Å². The van der Waals surface area contributed by atoms with Crippen molar-refractivity contribution in [3.63, 3.8) is 0 Å². The Morgan fingerprint density at radius 2 is 1.81 bits per heavy atom. The molecule has 5 nitrogen and oxygen atoms in total. The number of rotatable bonds is 5. The Balaban J connectivity index is 1.50. The molecule has 1 aromatic rings. The molecule has 0 aromatic heterocycles. The molecule has 0 aliphatic carbocycles. The molecule has 0 radical (unpaired) electrons. The molecule has 0 atom stereocenters. The fourth-order valence-electron chi connectivity index (χ4n) is 3.89. The van der Waals surface area contributed by atoms with E-state index in [-0.39, 0.29) is 23.9 Å². The monoisotopic (exact) mass is 361 g/mol. The summed E-state index contributed by atoms with van der Waals surface area (Å²) in [4.78, 5) is 15.4. The Labute approximate surface area is 154 Å².